The number of nitro groups is 1. The van der Waals surface area contributed by atoms with E-state index < -0.39 is 33.7 Å². The molecule has 0 unspecified atom stereocenters. The van der Waals surface area contributed by atoms with Gasteiger partial charge in [-0.15, -0.1) is 0 Å². The summed E-state index contributed by atoms with van der Waals surface area (Å²) in [6.45, 7) is 0.421. The number of nitrogens with zero attached hydrogens (tertiary/aromatic N) is 1. The first-order valence-corrected chi connectivity index (χ1v) is 7.29. The Bertz CT molecular complexity index is 574. The van der Waals surface area contributed by atoms with Gasteiger partial charge in [0, 0.05) is 12.1 Å². The molecule has 0 saturated carbocycles. The van der Waals surface area contributed by atoms with Crippen LogP contribution in [0.15, 0.2) is 29.2 Å². The van der Waals surface area contributed by atoms with Crippen molar-refractivity contribution in [3.05, 3.63) is 34.4 Å². The second-order valence-electron chi connectivity index (χ2n) is 4.31. The standard InChI is InChI=1S/C11H16N2O6S/c1-2-11(7-14,8-15)12-20(18,19)10-5-3-4-9(6-10)13(16)17/h3-6,12,14-15H,2,7-8H2,1H3. The minimum atomic E-state index is -4.08. The summed E-state index contributed by atoms with van der Waals surface area (Å²) < 4.78 is 26.5. The predicted molar refractivity (Wildman–Crippen MR) is 70.6 cm³/mol. The molecule has 1 aromatic rings. The molecule has 0 amide bonds. The van der Waals surface area contributed by atoms with E-state index in [4.69, 9.17) is 0 Å². The van der Waals surface area contributed by atoms with Gasteiger partial charge in [-0.25, -0.2) is 13.1 Å². The maximum absolute atomic E-state index is 12.1. The quantitative estimate of drug-likeness (QED) is 0.480. The van der Waals surface area contributed by atoms with E-state index in [0.29, 0.717) is 0 Å². The third-order valence-corrected chi connectivity index (χ3v) is 4.55. The fourth-order valence-electron chi connectivity index (χ4n) is 1.52. The number of hydrogen-bond acceptors (Lipinski definition) is 6. The van der Waals surface area contributed by atoms with Gasteiger partial charge in [-0.3, -0.25) is 10.1 Å². The SMILES string of the molecule is CCC(CO)(CO)NS(=O)(=O)c1cccc([N+](=O)[O-])c1. The van der Waals surface area contributed by atoms with Gasteiger partial charge in [-0.05, 0) is 12.5 Å². The van der Waals surface area contributed by atoms with Crippen LogP contribution in [0.1, 0.15) is 13.3 Å². The third kappa shape index (κ3) is 3.51. The van der Waals surface area contributed by atoms with Gasteiger partial charge in [0.1, 0.15) is 0 Å². The van der Waals surface area contributed by atoms with Gasteiger partial charge in [-0.2, -0.15) is 0 Å². The lowest BCUT2D eigenvalue weighted by Gasteiger charge is -2.29. The first-order chi connectivity index (χ1) is 9.30. The fraction of sp³-hybridized carbons (Fsp3) is 0.455. The molecule has 0 aliphatic rings. The molecule has 1 rings (SSSR count). The lowest BCUT2D eigenvalue weighted by Crippen LogP contribution is -2.53. The summed E-state index contributed by atoms with van der Waals surface area (Å²) >= 11 is 0. The molecule has 9 heteroatoms. The van der Waals surface area contributed by atoms with Crippen molar-refractivity contribution < 1.29 is 23.6 Å². The van der Waals surface area contributed by atoms with Crippen LogP contribution in [0.2, 0.25) is 0 Å². The molecule has 1 aromatic carbocycles. The van der Waals surface area contributed by atoms with Crippen molar-refractivity contribution in [2.24, 2.45) is 0 Å². The maximum atomic E-state index is 12.1. The van der Waals surface area contributed by atoms with Crippen molar-refractivity contribution in [1.82, 2.24) is 4.72 Å². The highest BCUT2D eigenvalue weighted by molar-refractivity contribution is 7.89. The van der Waals surface area contributed by atoms with Crippen molar-refractivity contribution in [3.8, 4) is 0 Å². The Hall–Kier alpha value is -1.55. The number of aliphatic hydroxyl groups excluding tert-OH is 2. The molecule has 0 aliphatic heterocycles. The average molecular weight is 304 g/mol. The van der Waals surface area contributed by atoms with E-state index in [1.165, 1.54) is 18.2 Å². The van der Waals surface area contributed by atoms with E-state index in [9.17, 15) is 28.7 Å². The lowest BCUT2D eigenvalue weighted by molar-refractivity contribution is -0.385. The van der Waals surface area contributed by atoms with Crippen LogP contribution in [0.25, 0.3) is 0 Å². The molecule has 8 nitrogen and oxygen atoms in total. The topological polar surface area (TPSA) is 130 Å². The van der Waals surface area contributed by atoms with E-state index in [1.54, 1.807) is 6.92 Å². The number of nitro benzene ring substituents is 1. The molecule has 0 aliphatic carbocycles. The van der Waals surface area contributed by atoms with E-state index in [0.717, 1.165) is 6.07 Å². The van der Waals surface area contributed by atoms with Gasteiger partial charge >= 0.3 is 0 Å². The normalized spacial score (nSPS) is 12.3. The van der Waals surface area contributed by atoms with Gasteiger partial charge in [0.25, 0.3) is 5.69 Å². The summed E-state index contributed by atoms with van der Waals surface area (Å²) in [7, 11) is -4.08. The molecular weight excluding hydrogens is 288 g/mol. The number of hydrogen-bond donors (Lipinski definition) is 3. The molecule has 0 heterocycles. The highest BCUT2D eigenvalue weighted by atomic mass is 32.2. The monoisotopic (exact) mass is 304 g/mol. The summed E-state index contributed by atoms with van der Waals surface area (Å²) in [5.74, 6) is 0. The zero-order valence-corrected chi connectivity index (χ0v) is 11.6. The second kappa shape index (κ2) is 6.27. The fourth-order valence-corrected chi connectivity index (χ4v) is 3.01. The third-order valence-electron chi connectivity index (χ3n) is 2.97. The summed E-state index contributed by atoms with van der Waals surface area (Å²) in [5.41, 5.74) is -1.76. The Morgan fingerprint density at radius 3 is 2.40 bits per heavy atom. The molecule has 20 heavy (non-hydrogen) atoms. The number of aliphatic hydroxyl groups is 2. The van der Waals surface area contributed by atoms with Crippen LogP contribution in [-0.2, 0) is 10.0 Å². The van der Waals surface area contributed by atoms with Crippen molar-refractivity contribution in [2.75, 3.05) is 13.2 Å². The zero-order chi connectivity index (χ0) is 15.4. The molecule has 0 bridgehead atoms. The van der Waals surface area contributed by atoms with Crippen LogP contribution in [0.3, 0.4) is 0 Å². The summed E-state index contributed by atoms with van der Waals surface area (Å²) in [4.78, 5) is 9.64. The smallest absolute Gasteiger partial charge is 0.270 e. The minimum Gasteiger partial charge on any atom is -0.394 e. The van der Waals surface area contributed by atoms with Crippen molar-refractivity contribution in [3.63, 3.8) is 0 Å². The Morgan fingerprint density at radius 2 is 1.95 bits per heavy atom. The van der Waals surface area contributed by atoms with Crippen molar-refractivity contribution >= 4 is 15.7 Å². The lowest BCUT2D eigenvalue weighted by atomic mass is 10.0. The van der Waals surface area contributed by atoms with Gasteiger partial charge in [-0.1, -0.05) is 13.0 Å². The van der Waals surface area contributed by atoms with Gasteiger partial charge in [0.15, 0.2) is 0 Å². The van der Waals surface area contributed by atoms with Crippen LogP contribution in [-0.4, -0.2) is 42.3 Å². The van der Waals surface area contributed by atoms with Crippen LogP contribution in [0, 0.1) is 10.1 Å². The number of benzene rings is 1. The molecule has 0 aromatic heterocycles. The first kappa shape index (κ1) is 16.5. The number of non-ortho nitro benzene ring substituents is 1. The molecule has 0 spiro atoms. The molecule has 0 saturated heterocycles. The average Bonchev–Trinajstić information content (AvgIpc) is 2.45. The highest BCUT2D eigenvalue weighted by Crippen LogP contribution is 2.20. The zero-order valence-electron chi connectivity index (χ0n) is 10.8. The van der Waals surface area contributed by atoms with Gasteiger partial charge in [0.05, 0.1) is 28.6 Å². The number of nitrogens with one attached hydrogen (secondary N) is 1. The summed E-state index contributed by atoms with van der Waals surface area (Å²) in [6, 6.07) is 4.53. The van der Waals surface area contributed by atoms with Crippen LogP contribution in [0.5, 0.6) is 0 Å². The Balaban J connectivity index is 3.17. The van der Waals surface area contributed by atoms with Gasteiger partial charge < -0.3 is 10.2 Å². The summed E-state index contributed by atoms with van der Waals surface area (Å²) in [5, 5.41) is 29.1. The van der Waals surface area contributed by atoms with Crippen LogP contribution in [0.4, 0.5) is 5.69 Å². The Kier molecular flexibility index (Phi) is 5.17. The van der Waals surface area contributed by atoms with E-state index in [-0.39, 0.29) is 17.0 Å². The molecular formula is C11H16N2O6S. The largest absolute Gasteiger partial charge is 0.394 e. The molecule has 0 fully saturated rings. The molecule has 3 N–H and O–H groups in total. The van der Waals surface area contributed by atoms with Crippen LogP contribution >= 0.6 is 0 Å². The van der Waals surface area contributed by atoms with Crippen molar-refractivity contribution in [2.45, 2.75) is 23.8 Å². The first-order valence-electron chi connectivity index (χ1n) is 5.80. The second-order valence-corrected chi connectivity index (χ2v) is 5.99. The van der Waals surface area contributed by atoms with Crippen molar-refractivity contribution in [1.29, 1.82) is 0 Å². The highest BCUT2D eigenvalue weighted by Gasteiger charge is 2.33. The number of rotatable bonds is 7. The van der Waals surface area contributed by atoms with E-state index in [2.05, 4.69) is 4.72 Å². The Labute approximate surface area is 116 Å². The Morgan fingerprint density at radius 1 is 1.35 bits per heavy atom. The summed E-state index contributed by atoms with van der Waals surface area (Å²) in [6.07, 6.45) is 0.161. The molecule has 0 radical (unpaired) electrons. The minimum absolute atomic E-state index is 0.161. The van der Waals surface area contributed by atoms with E-state index >= 15 is 0 Å². The molecule has 0 atom stereocenters. The van der Waals surface area contributed by atoms with Gasteiger partial charge in [0.2, 0.25) is 10.0 Å². The van der Waals surface area contributed by atoms with Crippen LogP contribution < -0.4 is 4.72 Å². The maximum Gasteiger partial charge on any atom is 0.270 e. The number of sulfonamides is 1. The molecule has 112 valence electrons. The van der Waals surface area contributed by atoms with E-state index in [1.807, 2.05) is 0 Å². The predicted octanol–water partition coefficient (Wildman–Crippen LogP) is 0.00650.